The van der Waals surface area contributed by atoms with Gasteiger partial charge in [-0.05, 0) is 6.92 Å². The maximum Gasteiger partial charge on any atom is 0.323 e. The number of H-pyrrole nitrogens is 2. The molecule has 1 amide bonds. The minimum absolute atomic E-state index is 0.0857. The number of rotatable bonds is 6. The molecule has 1 rings (SSSR count). The van der Waals surface area contributed by atoms with Crippen molar-refractivity contribution in [2.75, 3.05) is 20.3 Å². The van der Waals surface area contributed by atoms with Gasteiger partial charge in [0, 0.05) is 32.9 Å². The number of aromatic nitrogens is 2. The average Bonchev–Trinajstić information content (AvgIpc) is 2.70. The summed E-state index contributed by atoms with van der Waals surface area (Å²) in [5, 5.41) is 12.4. The van der Waals surface area contributed by atoms with Crippen LogP contribution in [0, 0.1) is 0 Å². The summed E-state index contributed by atoms with van der Waals surface area (Å²) in [5.74, 6) is -0.443. The summed E-state index contributed by atoms with van der Waals surface area (Å²) < 4.78 is 4.85. The predicted molar refractivity (Wildman–Crippen MR) is 60.9 cm³/mol. The third-order valence-corrected chi connectivity index (χ3v) is 2.31. The van der Waals surface area contributed by atoms with Crippen molar-refractivity contribution in [2.24, 2.45) is 0 Å². The molecule has 96 valence electrons. The molecule has 0 aliphatic heterocycles. The lowest BCUT2D eigenvalue weighted by molar-refractivity contribution is 0.0243. The van der Waals surface area contributed by atoms with Crippen molar-refractivity contribution in [3.8, 4) is 0 Å². The van der Waals surface area contributed by atoms with Gasteiger partial charge in [0.15, 0.2) is 0 Å². The Labute approximate surface area is 98.2 Å². The molecule has 1 heterocycles. The van der Waals surface area contributed by atoms with Gasteiger partial charge in [-0.25, -0.2) is 4.79 Å². The van der Waals surface area contributed by atoms with E-state index in [0.29, 0.717) is 13.0 Å². The summed E-state index contributed by atoms with van der Waals surface area (Å²) in [7, 11) is 1.54. The van der Waals surface area contributed by atoms with Crippen LogP contribution < -0.4 is 11.0 Å². The lowest BCUT2D eigenvalue weighted by Gasteiger charge is -2.22. The van der Waals surface area contributed by atoms with Gasteiger partial charge in [0.25, 0.3) is 5.91 Å². The highest BCUT2D eigenvalue weighted by Crippen LogP contribution is 2.07. The minimum Gasteiger partial charge on any atom is -0.388 e. The predicted octanol–water partition coefficient (Wildman–Crippen LogP) is -0.780. The summed E-state index contributed by atoms with van der Waals surface area (Å²) >= 11 is 0. The van der Waals surface area contributed by atoms with E-state index in [1.54, 1.807) is 14.0 Å². The fraction of sp³-hybridized carbons (Fsp3) is 0.600. The Hall–Kier alpha value is -1.60. The van der Waals surface area contributed by atoms with Gasteiger partial charge < -0.3 is 25.1 Å². The summed E-state index contributed by atoms with van der Waals surface area (Å²) in [6.45, 7) is 2.10. The third kappa shape index (κ3) is 4.41. The van der Waals surface area contributed by atoms with Crippen LogP contribution in [-0.4, -0.2) is 46.8 Å². The van der Waals surface area contributed by atoms with Gasteiger partial charge in [-0.2, -0.15) is 0 Å². The van der Waals surface area contributed by atoms with Gasteiger partial charge in [-0.15, -0.1) is 0 Å². The van der Waals surface area contributed by atoms with Gasteiger partial charge in [0.05, 0.1) is 5.60 Å². The van der Waals surface area contributed by atoms with Crippen molar-refractivity contribution in [3.05, 3.63) is 22.4 Å². The Balaban J connectivity index is 2.45. The number of carbonyl (C=O) groups excluding carboxylic acids is 1. The van der Waals surface area contributed by atoms with E-state index < -0.39 is 17.2 Å². The van der Waals surface area contributed by atoms with E-state index in [1.807, 2.05) is 0 Å². The first kappa shape index (κ1) is 13.5. The minimum atomic E-state index is -1.04. The van der Waals surface area contributed by atoms with Gasteiger partial charge in [0.2, 0.25) is 0 Å². The number of hydrogen-bond acceptors (Lipinski definition) is 4. The van der Waals surface area contributed by atoms with Gasteiger partial charge in [0.1, 0.15) is 5.69 Å². The first-order chi connectivity index (χ1) is 7.94. The molecule has 0 spiro atoms. The maximum atomic E-state index is 11.5. The number of carbonyl (C=O) groups is 1. The Morgan fingerprint density at radius 3 is 2.88 bits per heavy atom. The largest absolute Gasteiger partial charge is 0.388 e. The van der Waals surface area contributed by atoms with Crippen LogP contribution in [0.15, 0.2) is 11.0 Å². The number of aromatic amines is 2. The van der Waals surface area contributed by atoms with Gasteiger partial charge in [-0.3, -0.25) is 4.79 Å². The molecule has 7 nitrogen and oxygen atoms in total. The summed E-state index contributed by atoms with van der Waals surface area (Å²) in [5.41, 5.74) is -1.35. The molecule has 7 heteroatoms. The maximum absolute atomic E-state index is 11.5. The van der Waals surface area contributed by atoms with Gasteiger partial charge in [-0.1, -0.05) is 0 Å². The second-order valence-electron chi connectivity index (χ2n) is 4.08. The molecule has 0 saturated carbocycles. The third-order valence-electron chi connectivity index (χ3n) is 2.31. The standard InChI is InChI=1S/C10H17N3O4/c1-10(16,3-4-17-2)6-12-8(14)7-5-11-9(15)13-7/h5,16H,3-4,6H2,1-2H3,(H,12,14)(H2,11,13,15). The van der Waals surface area contributed by atoms with E-state index in [-0.39, 0.29) is 12.2 Å². The van der Waals surface area contributed by atoms with Crippen LogP contribution >= 0.6 is 0 Å². The SMILES string of the molecule is COCCC(C)(O)CNC(=O)c1c[nH]c(=O)[nH]1. The Kier molecular flexibility index (Phi) is 4.47. The lowest BCUT2D eigenvalue weighted by atomic mass is 10.0. The Morgan fingerprint density at radius 1 is 1.65 bits per heavy atom. The monoisotopic (exact) mass is 243 g/mol. The highest BCUT2D eigenvalue weighted by Gasteiger charge is 2.21. The molecule has 0 aliphatic carbocycles. The van der Waals surface area contributed by atoms with Crippen LogP contribution in [-0.2, 0) is 4.74 Å². The molecule has 1 unspecified atom stereocenters. The zero-order valence-electron chi connectivity index (χ0n) is 9.87. The molecular formula is C10H17N3O4. The average molecular weight is 243 g/mol. The van der Waals surface area contributed by atoms with Crippen molar-refractivity contribution in [2.45, 2.75) is 18.9 Å². The van der Waals surface area contributed by atoms with Crippen LogP contribution in [0.1, 0.15) is 23.8 Å². The highest BCUT2D eigenvalue weighted by atomic mass is 16.5. The van der Waals surface area contributed by atoms with Crippen molar-refractivity contribution in [3.63, 3.8) is 0 Å². The summed E-state index contributed by atoms with van der Waals surface area (Å²) in [4.78, 5) is 27.0. The van der Waals surface area contributed by atoms with E-state index in [1.165, 1.54) is 6.20 Å². The van der Waals surface area contributed by atoms with Crippen LogP contribution in [0.25, 0.3) is 0 Å². The molecule has 1 atom stereocenters. The first-order valence-electron chi connectivity index (χ1n) is 5.22. The molecule has 0 aliphatic rings. The topological polar surface area (TPSA) is 107 Å². The van der Waals surface area contributed by atoms with E-state index in [2.05, 4.69) is 15.3 Å². The molecular weight excluding hydrogens is 226 g/mol. The Morgan fingerprint density at radius 2 is 2.35 bits per heavy atom. The molecule has 0 aromatic carbocycles. The molecule has 4 N–H and O–H groups in total. The quantitative estimate of drug-likeness (QED) is 0.525. The summed E-state index contributed by atoms with van der Waals surface area (Å²) in [6.07, 6.45) is 1.69. The van der Waals surface area contributed by atoms with Crippen LogP contribution in [0.5, 0.6) is 0 Å². The second-order valence-corrected chi connectivity index (χ2v) is 4.08. The van der Waals surface area contributed by atoms with Gasteiger partial charge >= 0.3 is 5.69 Å². The normalized spacial score (nSPS) is 14.3. The molecule has 17 heavy (non-hydrogen) atoms. The fourth-order valence-corrected chi connectivity index (χ4v) is 1.23. The van der Waals surface area contributed by atoms with Crippen molar-refractivity contribution in [1.29, 1.82) is 0 Å². The highest BCUT2D eigenvalue weighted by molar-refractivity contribution is 5.91. The zero-order chi connectivity index (χ0) is 12.9. The number of methoxy groups -OCH3 is 1. The molecule has 0 saturated heterocycles. The van der Waals surface area contributed by atoms with Crippen molar-refractivity contribution >= 4 is 5.91 Å². The lowest BCUT2D eigenvalue weighted by Crippen LogP contribution is -2.41. The fourth-order valence-electron chi connectivity index (χ4n) is 1.23. The number of amides is 1. The number of hydrogen-bond donors (Lipinski definition) is 4. The molecule has 0 bridgehead atoms. The number of ether oxygens (including phenoxy) is 1. The smallest absolute Gasteiger partial charge is 0.323 e. The molecule has 1 aromatic rings. The van der Waals surface area contributed by atoms with E-state index in [4.69, 9.17) is 4.74 Å². The number of aliphatic hydroxyl groups is 1. The van der Waals surface area contributed by atoms with Crippen LogP contribution in [0.4, 0.5) is 0 Å². The summed E-state index contributed by atoms with van der Waals surface area (Å²) in [6, 6.07) is 0. The number of nitrogens with one attached hydrogen (secondary N) is 3. The van der Waals surface area contributed by atoms with Crippen molar-refractivity contribution < 1.29 is 14.6 Å². The van der Waals surface area contributed by atoms with E-state index in [0.717, 1.165) is 0 Å². The number of imidazole rings is 1. The molecule has 0 radical (unpaired) electrons. The Bertz CT molecular complexity index is 421. The zero-order valence-corrected chi connectivity index (χ0v) is 9.87. The molecule has 1 aromatic heterocycles. The first-order valence-corrected chi connectivity index (χ1v) is 5.22. The second kappa shape index (κ2) is 5.65. The van der Waals surface area contributed by atoms with Crippen molar-refractivity contribution in [1.82, 2.24) is 15.3 Å². The molecule has 0 fully saturated rings. The van der Waals surface area contributed by atoms with E-state index >= 15 is 0 Å². The van der Waals surface area contributed by atoms with Crippen LogP contribution in [0.3, 0.4) is 0 Å². The van der Waals surface area contributed by atoms with E-state index in [9.17, 15) is 14.7 Å². The van der Waals surface area contributed by atoms with Crippen LogP contribution in [0.2, 0.25) is 0 Å².